The van der Waals surface area contributed by atoms with E-state index in [2.05, 4.69) is 20.6 Å². The van der Waals surface area contributed by atoms with E-state index in [1.54, 1.807) is 0 Å². The lowest BCUT2D eigenvalue weighted by Gasteiger charge is -2.11. The second-order valence-electron chi connectivity index (χ2n) is 4.80. The van der Waals surface area contributed by atoms with Gasteiger partial charge in [0.05, 0.1) is 5.56 Å². The highest BCUT2D eigenvalue weighted by atomic mass is 19.1. The molecule has 0 saturated carbocycles. The Kier molecular flexibility index (Phi) is 4.98. The summed E-state index contributed by atoms with van der Waals surface area (Å²) >= 11 is 0. The monoisotopic (exact) mass is 306 g/mol. The van der Waals surface area contributed by atoms with Gasteiger partial charge in [0.25, 0.3) is 5.91 Å². The lowest BCUT2D eigenvalue weighted by atomic mass is 10.2. The van der Waals surface area contributed by atoms with E-state index >= 15 is 0 Å². The van der Waals surface area contributed by atoms with Crippen LogP contribution < -0.4 is 10.6 Å². The molecule has 0 aliphatic rings. The number of carbonyl (C=O) groups is 1. The second kappa shape index (κ2) is 6.93. The number of hydrogen-bond acceptors (Lipinski definition) is 4. The van der Waals surface area contributed by atoms with Gasteiger partial charge in [-0.2, -0.15) is 0 Å². The van der Waals surface area contributed by atoms with Crippen LogP contribution in [0.15, 0.2) is 30.6 Å². The van der Waals surface area contributed by atoms with E-state index in [0.717, 1.165) is 18.6 Å². The number of anilines is 2. The molecule has 0 spiro atoms. The molecule has 2 N–H and O–H groups in total. The molecule has 0 radical (unpaired) electrons. The van der Waals surface area contributed by atoms with Gasteiger partial charge in [-0.25, -0.2) is 18.7 Å². The molecule has 1 amide bonds. The van der Waals surface area contributed by atoms with Crippen LogP contribution in [-0.2, 0) is 0 Å². The molecular formula is C15H16F2N4O. The van der Waals surface area contributed by atoms with E-state index in [4.69, 9.17) is 0 Å². The zero-order valence-electron chi connectivity index (χ0n) is 12.2. The summed E-state index contributed by atoms with van der Waals surface area (Å²) < 4.78 is 27.0. The Morgan fingerprint density at radius 2 is 1.82 bits per heavy atom. The Balaban J connectivity index is 2.11. The third-order valence-electron chi connectivity index (χ3n) is 3.10. The minimum atomic E-state index is -0.748. The summed E-state index contributed by atoms with van der Waals surface area (Å²) in [7, 11) is 0. The van der Waals surface area contributed by atoms with Crippen LogP contribution >= 0.6 is 0 Å². The Labute approximate surface area is 126 Å². The van der Waals surface area contributed by atoms with Gasteiger partial charge in [0.2, 0.25) is 5.95 Å². The maximum atomic E-state index is 13.5. The van der Waals surface area contributed by atoms with Gasteiger partial charge in [-0.15, -0.1) is 0 Å². The van der Waals surface area contributed by atoms with Gasteiger partial charge < -0.3 is 10.6 Å². The van der Waals surface area contributed by atoms with Crippen LogP contribution in [0.1, 0.15) is 30.6 Å². The van der Waals surface area contributed by atoms with Crippen molar-refractivity contribution < 1.29 is 13.6 Å². The third kappa shape index (κ3) is 3.75. The second-order valence-corrected chi connectivity index (χ2v) is 4.80. The van der Waals surface area contributed by atoms with Crippen molar-refractivity contribution in [2.45, 2.75) is 26.3 Å². The van der Waals surface area contributed by atoms with Gasteiger partial charge in [0.15, 0.2) is 0 Å². The lowest BCUT2D eigenvalue weighted by molar-refractivity contribution is 0.0938. The average molecular weight is 306 g/mol. The number of benzene rings is 1. The predicted molar refractivity (Wildman–Crippen MR) is 78.9 cm³/mol. The Morgan fingerprint density at radius 1 is 1.23 bits per heavy atom. The first-order chi connectivity index (χ1) is 10.5. The van der Waals surface area contributed by atoms with E-state index in [0.29, 0.717) is 0 Å². The van der Waals surface area contributed by atoms with Gasteiger partial charge >= 0.3 is 0 Å². The first kappa shape index (κ1) is 15.8. The topological polar surface area (TPSA) is 66.9 Å². The highest BCUT2D eigenvalue weighted by Gasteiger charge is 2.12. The van der Waals surface area contributed by atoms with Gasteiger partial charge in [-0.05, 0) is 25.5 Å². The number of rotatable bonds is 5. The molecule has 5 nitrogen and oxygen atoms in total. The van der Waals surface area contributed by atoms with Gasteiger partial charge in [-0.3, -0.25) is 4.79 Å². The average Bonchev–Trinajstić information content (AvgIpc) is 2.51. The van der Waals surface area contributed by atoms with Crippen molar-refractivity contribution in [1.82, 2.24) is 15.3 Å². The molecule has 7 heteroatoms. The van der Waals surface area contributed by atoms with Gasteiger partial charge in [0.1, 0.15) is 17.3 Å². The number of carbonyl (C=O) groups excluding carboxylic acids is 1. The molecule has 1 heterocycles. The quantitative estimate of drug-likeness (QED) is 0.891. The molecule has 0 aliphatic heterocycles. The molecule has 0 saturated heterocycles. The van der Waals surface area contributed by atoms with Crippen molar-refractivity contribution in [3.63, 3.8) is 0 Å². The van der Waals surface area contributed by atoms with Crippen molar-refractivity contribution in [1.29, 1.82) is 0 Å². The van der Waals surface area contributed by atoms with Crippen molar-refractivity contribution in [3.8, 4) is 0 Å². The summed E-state index contributed by atoms with van der Waals surface area (Å²) in [4.78, 5) is 19.6. The zero-order valence-corrected chi connectivity index (χ0v) is 12.2. The highest BCUT2D eigenvalue weighted by molar-refractivity contribution is 5.93. The lowest BCUT2D eigenvalue weighted by Crippen LogP contribution is -2.32. The molecule has 0 aliphatic carbocycles. The maximum absolute atomic E-state index is 13.5. The fourth-order valence-electron chi connectivity index (χ4n) is 1.65. The van der Waals surface area contributed by atoms with Crippen LogP contribution in [0.4, 0.5) is 20.4 Å². The molecule has 116 valence electrons. The van der Waals surface area contributed by atoms with Crippen LogP contribution in [0.3, 0.4) is 0 Å². The van der Waals surface area contributed by atoms with Gasteiger partial charge in [-0.1, -0.05) is 13.0 Å². The minimum Gasteiger partial charge on any atom is -0.350 e. The fraction of sp³-hybridized carbons (Fsp3) is 0.267. The largest absolute Gasteiger partial charge is 0.350 e. The normalized spacial score (nSPS) is 11.8. The molecule has 0 bridgehead atoms. The Hall–Kier alpha value is -2.57. The molecule has 0 fully saturated rings. The highest BCUT2D eigenvalue weighted by Crippen LogP contribution is 2.20. The number of para-hydroxylation sites is 1. The standard InChI is InChI=1S/C15H16F2N4O/c1-3-9(2)20-14(22)10-7-18-15(19-8-10)21-13-11(16)5-4-6-12(13)17/h4-9H,3H2,1-2H3,(H,20,22)(H,18,19,21). The summed E-state index contributed by atoms with van der Waals surface area (Å²) in [5.74, 6) is -1.79. The van der Waals surface area contributed by atoms with Crippen LogP contribution in [0.2, 0.25) is 0 Å². The number of amides is 1. The number of nitrogens with zero attached hydrogens (tertiary/aromatic N) is 2. The van der Waals surface area contributed by atoms with E-state index in [9.17, 15) is 13.6 Å². The maximum Gasteiger partial charge on any atom is 0.254 e. The minimum absolute atomic E-state index is 0.00379. The molecule has 2 rings (SSSR count). The van der Waals surface area contributed by atoms with Crippen molar-refractivity contribution in [3.05, 3.63) is 47.8 Å². The van der Waals surface area contributed by atoms with E-state index in [-0.39, 0.29) is 29.1 Å². The molecule has 2 aromatic rings. The summed E-state index contributed by atoms with van der Waals surface area (Å²) in [6.07, 6.45) is 3.40. The van der Waals surface area contributed by atoms with E-state index in [1.165, 1.54) is 18.5 Å². The SMILES string of the molecule is CCC(C)NC(=O)c1cnc(Nc2c(F)cccc2F)nc1. The zero-order chi connectivity index (χ0) is 16.1. The summed E-state index contributed by atoms with van der Waals surface area (Å²) in [6.45, 7) is 3.84. The van der Waals surface area contributed by atoms with Crippen molar-refractivity contribution in [2.24, 2.45) is 0 Å². The Bertz CT molecular complexity index is 641. The smallest absolute Gasteiger partial charge is 0.254 e. The third-order valence-corrected chi connectivity index (χ3v) is 3.10. The molecule has 1 atom stereocenters. The molecular weight excluding hydrogens is 290 g/mol. The van der Waals surface area contributed by atoms with Crippen molar-refractivity contribution in [2.75, 3.05) is 5.32 Å². The predicted octanol–water partition coefficient (Wildman–Crippen LogP) is 3.03. The molecule has 1 aromatic heterocycles. The summed E-state index contributed by atoms with van der Waals surface area (Å²) in [6, 6.07) is 3.55. The number of hydrogen-bond donors (Lipinski definition) is 2. The molecule has 22 heavy (non-hydrogen) atoms. The first-order valence-corrected chi connectivity index (χ1v) is 6.85. The number of halogens is 2. The van der Waals surface area contributed by atoms with Crippen LogP contribution in [0, 0.1) is 11.6 Å². The Morgan fingerprint density at radius 3 is 2.36 bits per heavy atom. The van der Waals surface area contributed by atoms with Crippen LogP contribution in [0.25, 0.3) is 0 Å². The van der Waals surface area contributed by atoms with Gasteiger partial charge in [0, 0.05) is 18.4 Å². The van der Waals surface area contributed by atoms with Crippen LogP contribution in [0.5, 0.6) is 0 Å². The van der Waals surface area contributed by atoms with E-state index < -0.39 is 11.6 Å². The summed E-state index contributed by atoms with van der Waals surface area (Å²) in [5.41, 5.74) is -0.0563. The fourth-order valence-corrected chi connectivity index (χ4v) is 1.65. The van der Waals surface area contributed by atoms with E-state index in [1.807, 2.05) is 13.8 Å². The van der Waals surface area contributed by atoms with Crippen LogP contribution in [-0.4, -0.2) is 21.9 Å². The number of nitrogens with one attached hydrogen (secondary N) is 2. The van der Waals surface area contributed by atoms with Crippen molar-refractivity contribution >= 4 is 17.5 Å². The molecule has 1 aromatic carbocycles. The molecule has 1 unspecified atom stereocenters. The summed E-state index contributed by atoms with van der Waals surface area (Å²) in [5, 5.41) is 5.23. The first-order valence-electron chi connectivity index (χ1n) is 6.85. The number of aromatic nitrogens is 2.